The number of aliphatic hydroxyl groups is 1. The lowest BCUT2D eigenvalue weighted by atomic mass is 10.1. The molecule has 0 saturated carbocycles. The van der Waals surface area contributed by atoms with Crippen LogP contribution in [0.4, 0.5) is 11.5 Å². The van der Waals surface area contributed by atoms with E-state index in [1.165, 1.54) is 16.0 Å². The van der Waals surface area contributed by atoms with E-state index >= 15 is 0 Å². The predicted molar refractivity (Wildman–Crippen MR) is 81.7 cm³/mol. The summed E-state index contributed by atoms with van der Waals surface area (Å²) in [7, 11) is 1.65. The van der Waals surface area contributed by atoms with E-state index in [4.69, 9.17) is 0 Å². The first kappa shape index (κ1) is 15.5. The van der Waals surface area contributed by atoms with Crippen LogP contribution >= 0.6 is 11.3 Å². The quantitative estimate of drug-likeness (QED) is 0.632. The van der Waals surface area contributed by atoms with E-state index in [2.05, 4.69) is 10.4 Å². The molecule has 0 amide bonds. The largest absolute Gasteiger partial charge is 0.387 e. The topological polar surface area (TPSA) is 93.2 Å². The molecule has 2 rings (SSSR count). The van der Waals surface area contributed by atoms with Gasteiger partial charge < -0.3 is 10.4 Å². The summed E-state index contributed by atoms with van der Waals surface area (Å²) >= 11 is 1.50. The highest BCUT2D eigenvalue weighted by atomic mass is 32.1. The van der Waals surface area contributed by atoms with E-state index in [0.717, 1.165) is 5.56 Å². The van der Waals surface area contributed by atoms with Crippen molar-refractivity contribution >= 4 is 22.8 Å². The number of nitrogens with zero attached hydrogens (tertiary/aromatic N) is 3. The number of hydrogen-bond donors (Lipinski definition) is 2. The fourth-order valence-electron chi connectivity index (χ4n) is 2.08. The summed E-state index contributed by atoms with van der Waals surface area (Å²) in [5, 5.41) is 32.2. The van der Waals surface area contributed by atoms with Gasteiger partial charge in [-0.05, 0) is 22.4 Å². The van der Waals surface area contributed by atoms with Crippen LogP contribution in [0.25, 0.3) is 0 Å². The van der Waals surface area contributed by atoms with Crippen LogP contribution in [0.15, 0.2) is 16.8 Å². The van der Waals surface area contributed by atoms with Gasteiger partial charge in [0.25, 0.3) is 0 Å². The molecule has 2 heterocycles. The Morgan fingerprint density at radius 2 is 2.29 bits per heavy atom. The van der Waals surface area contributed by atoms with Crippen molar-refractivity contribution in [1.29, 1.82) is 0 Å². The first-order chi connectivity index (χ1) is 9.91. The molecule has 1 unspecified atom stereocenters. The predicted octanol–water partition coefficient (Wildman–Crippen LogP) is 2.66. The second-order valence-electron chi connectivity index (χ2n) is 5.07. The molecular formula is C13H18N4O3S. The zero-order valence-electron chi connectivity index (χ0n) is 12.1. The van der Waals surface area contributed by atoms with Crippen molar-refractivity contribution in [3.63, 3.8) is 0 Å². The highest BCUT2D eigenvalue weighted by Crippen LogP contribution is 2.33. The number of nitrogens with one attached hydrogen (secondary N) is 1. The zero-order chi connectivity index (χ0) is 15.6. The van der Waals surface area contributed by atoms with Crippen molar-refractivity contribution in [1.82, 2.24) is 9.78 Å². The highest BCUT2D eigenvalue weighted by molar-refractivity contribution is 7.07. The molecular weight excluding hydrogens is 292 g/mol. The van der Waals surface area contributed by atoms with Gasteiger partial charge in [0.15, 0.2) is 0 Å². The molecule has 2 aromatic rings. The summed E-state index contributed by atoms with van der Waals surface area (Å²) in [6.07, 6.45) is -0.715. The second kappa shape index (κ2) is 6.23. The molecule has 114 valence electrons. The van der Waals surface area contributed by atoms with Gasteiger partial charge in [0.2, 0.25) is 5.82 Å². The van der Waals surface area contributed by atoms with Crippen molar-refractivity contribution in [3.8, 4) is 0 Å². The molecule has 2 N–H and O–H groups in total. The minimum atomic E-state index is -0.715. The first-order valence-electron chi connectivity index (χ1n) is 6.57. The van der Waals surface area contributed by atoms with Crippen molar-refractivity contribution in [3.05, 3.63) is 38.2 Å². The standard InChI is InChI=1S/C13H18N4O3S/c1-8(2)11-12(17(19)20)13(16(3)15-11)14-6-10(18)9-4-5-21-7-9/h4-5,7-8,10,14,18H,6H2,1-3H3. The summed E-state index contributed by atoms with van der Waals surface area (Å²) < 4.78 is 1.45. The van der Waals surface area contributed by atoms with E-state index in [1.807, 2.05) is 30.7 Å². The third-order valence-corrected chi connectivity index (χ3v) is 3.87. The summed E-state index contributed by atoms with van der Waals surface area (Å²) in [4.78, 5) is 10.9. The van der Waals surface area contributed by atoms with Gasteiger partial charge in [-0.1, -0.05) is 13.8 Å². The number of aryl methyl sites for hydroxylation is 1. The second-order valence-corrected chi connectivity index (χ2v) is 5.85. The molecule has 2 aromatic heterocycles. The molecule has 0 aliphatic carbocycles. The molecule has 0 saturated heterocycles. The third-order valence-electron chi connectivity index (χ3n) is 3.17. The number of aromatic nitrogens is 2. The number of rotatable bonds is 6. The van der Waals surface area contributed by atoms with Crippen LogP contribution in [-0.4, -0.2) is 26.4 Å². The summed E-state index contributed by atoms with van der Waals surface area (Å²) in [5.74, 6) is 0.270. The van der Waals surface area contributed by atoms with Gasteiger partial charge >= 0.3 is 5.69 Å². The van der Waals surface area contributed by atoms with E-state index in [9.17, 15) is 15.2 Å². The molecule has 21 heavy (non-hydrogen) atoms. The summed E-state index contributed by atoms with van der Waals surface area (Å²) in [6, 6.07) is 1.83. The maximum Gasteiger partial charge on any atom is 0.334 e. The maximum absolute atomic E-state index is 11.3. The third kappa shape index (κ3) is 3.22. The molecule has 0 bridgehead atoms. The smallest absolute Gasteiger partial charge is 0.334 e. The Bertz CT molecular complexity index is 622. The number of nitro groups is 1. The SMILES string of the molecule is CC(C)c1nn(C)c(NCC(O)c2ccsc2)c1[N+](=O)[O-]. The van der Waals surface area contributed by atoms with Gasteiger partial charge in [-0.15, -0.1) is 0 Å². The van der Waals surface area contributed by atoms with Gasteiger partial charge in [-0.2, -0.15) is 16.4 Å². The van der Waals surface area contributed by atoms with E-state index < -0.39 is 11.0 Å². The van der Waals surface area contributed by atoms with Gasteiger partial charge in [0, 0.05) is 19.5 Å². The molecule has 8 heteroatoms. The monoisotopic (exact) mass is 310 g/mol. The molecule has 0 spiro atoms. The number of hydrogen-bond acceptors (Lipinski definition) is 6. The van der Waals surface area contributed by atoms with Crippen LogP contribution in [0.1, 0.15) is 37.1 Å². The molecule has 0 radical (unpaired) electrons. The van der Waals surface area contributed by atoms with Gasteiger partial charge in [0.05, 0.1) is 11.0 Å². The lowest BCUT2D eigenvalue weighted by Crippen LogP contribution is -2.14. The van der Waals surface area contributed by atoms with E-state index in [-0.39, 0.29) is 18.2 Å². The van der Waals surface area contributed by atoms with E-state index in [1.54, 1.807) is 7.05 Å². The molecule has 1 atom stereocenters. The van der Waals surface area contributed by atoms with Crippen LogP contribution in [0.3, 0.4) is 0 Å². The minimum absolute atomic E-state index is 0.0231. The molecule has 0 aliphatic heterocycles. The Kier molecular flexibility index (Phi) is 4.59. The number of thiophene rings is 1. The highest BCUT2D eigenvalue weighted by Gasteiger charge is 2.28. The Balaban J connectivity index is 2.21. The van der Waals surface area contributed by atoms with Crippen LogP contribution in [0.5, 0.6) is 0 Å². The van der Waals surface area contributed by atoms with Crippen molar-refractivity contribution < 1.29 is 10.0 Å². The van der Waals surface area contributed by atoms with Crippen molar-refractivity contribution in [2.75, 3.05) is 11.9 Å². The van der Waals surface area contributed by atoms with Gasteiger partial charge in [-0.3, -0.25) is 10.1 Å². The van der Waals surface area contributed by atoms with E-state index in [0.29, 0.717) is 11.5 Å². The molecule has 0 fully saturated rings. The minimum Gasteiger partial charge on any atom is -0.387 e. The summed E-state index contributed by atoms with van der Waals surface area (Å²) in [5.41, 5.74) is 1.21. The van der Waals surface area contributed by atoms with Crippen LogP contribution in [0.2, 0.25) is 0 Å². The molecule has 7 nitrogen and oxygen atoms in total. The normalized spacial score (nSPS) is 12.6. The van der Waals surface area contributed by atoms with Gasteiger partial charge in [0.1, 0.15) is 5.69 Å². The maximum atomic E-state index is 11.3. The first-order valence-corrected chi connectivity index (χ1v) is 7.51. The van der Waals surface area contributed by atoms with Gasteiger partial charge in [-0.25, -0.2) is 4.68 Å². The number of anilines is 1. The van der Waals surface area contributed by atoms with Crippen molar-refractivity contribution in [2.24, 2.45) is 7.05 Å². The molecule has 0 aromatic carbocycles. The Morgan fingerprint density at radius 3 is 2.81 bits per heavy atom. The Hall–Kier alpha value is -1.93. The molecule has 0 aliphatic rings. The average Bonchev–Trinajstić information content (AvgIpc) is 3.03. The Morgan fingerprint density at radius 1 is 1.57 bits per heavy atom. The lowest BCUT2D eigenvalue weighted by molar-refractivity contribution is -0.384. The fourth-order valence-corrected chi connectivity index (χ4v) is 2.78. The zero-order valence-corrected chi connectivity index (χ0v) is 12.9. The number of aliphatic hydroxyl groups excluding tert-OH is 1. The van der Waals surface area contributed by atoms with Crippen LogP contribution in [-0.2, 0) is 7.05 Å². The van der Waals surface area contributed by atoms with Crippen LogP contribution < -0.4 is 5.32 Å². The average molecular weight is 310 g/mol. The summed E-state index contributed by atoms with van der Waals surface area (Å²) in [6.45, 7) is 3.91. The van der Waals surface area contributed by atoms with Crippen molar-refractivity contribution in [2.45, 2.75) is 25.9 Å². The fraction of sp³-hybridized carbons (Fsp3) is 0.462. The lowest BCUT2D eigenvalue weighted by Gasteiger charge is -2.11. The van der Waals surface area contributed by atoms with Crippen LogP contribution in [0, 0.1) is 10.1 Å². The Labute approximate surface area is 126 Å².